The molecule has 31 heavy (non-hydrogen) atoms. The van der Waals surface area contributed by atoms with E-state index in [0.717, 1.165) is 38.1 Å². The third-order valence-corrected chi connectivity index (χ3v) is 6.39. The normalized spacial score (nSPS) is 16.7. The molecular formula is C28H31NO2. The molecule has 1 amide bonds. The standard InChI is InChI=1S/C28H31NO2/c1-31-26-17-15-22(16-18-26)25-14-8-9-19-29(21-25)28(30)20-27(23-10-4-2-5-11-23)24-12-6-3-7-13-24/h2-7,10-13,15-18,25,27H,8-9,14,19-21H2,1H3. The Kier molecular flexibility index (Phi) is 7.03. The molecule has 1 atom stereocenters. The van der Waals surface area contributed by atoms with Gasteiger partial charge in [-0.15, -0.1) is 0 Å². The molecule has 0 saturated carbocycles. The Morgan fingerprint density at radius 2 is 1.52 bits per heavy atom. The zero-order valence-electron chi connectivity index (χ0n) is 18.2. The molecule has 3 aromatic carbocycles. The predicted octanol–water partition coefficient (Wildman–Crippen LogP) is 6.01. The molecular weight excluding hydrogens is 382 g/mol. The molecule has 1 unspecified atom stereocenters. The maximum atomic E-state index is 13.5. The van der Waals surface area contributed by atoms with Gasteiger partial charge in [0.1, 0.15) is 5.75 Å². The summed E-state index contributed by atoms with van der Waals surface area (Å²) >= 11 is 0. The maximum Gasteiger partial charge on any atom is 0.223 e. The van der Waals surface area contributed by atoms with E-state index in [9.17, 15) is 4.79 Å². The summed E-state index contributed by atoms with van der Waals surface area (Å²) in [5.41, 5.74) is 3.69. The largest absolute Gasteiger partial charge is 0.497 e. The number of likely N-dealkylation sites (tertiary alicyclic amines) is 1. The third-order valence-electron chi connectivity index (χ3n) is 6.39. The lowest BCUT2D eigenvalue weighted by Gasteiger charge is -2.27. The van der Waals surface area contributed by atoms with Crippen molar-refractivity contribution in [1.82, 2.24) is 4.90 Å². The second kappa shape index (κ2) is 10.3. The van der Waals surface area contributed by atoms with Crippen molar-refractivity contribution in [3.8, 4) is 5.75 Å². The molecule has 3 aromatic rings. The van der Waals surface area contributed by atoms with Gasteiger partial charge >= 0.3 is 0 Å². The Hall–Kier alpha value is -3.07. The minimum Gasteiger partial charge on any atom is -0.497 e. The summed E-state index contributed by atoms with van der Waals surface area (Å²) in [4.78, 5) is 15.6. The highest BCUT2D eigenvalue weighted by atomic mass is 16.5. The van der Waals surface area contributed by atoms with Crippen LogP contribution in [0, 0.1) is 0 Å². The molecule has 1 aliphatic heterocycles. The summed E-state index contributed by atoms with van der Waals surface area (Å²) in [6, 6.07) is 29.2. The van der Waals surface area contributed by atoms with Crippen molar-refractivity contribution in [2.75, 3.05) is 20.2 Å². The molecule has 1 aliphatic rings. The molecule has 160 valence electrons. The number of hydrogen-bond donors (Lipinski definition) is 0. The van der Waals surface area contributed by atoms with Crippen molar-refractivity contribution in [2.45, 2.75) is 37.5 Å². The van der Waals surface area contributed by atoms with Gasteiger partial charge in [0.15, 0.2) is 0 Å². The van der Waals surface area contributed by atoms with Crippen molar-refractivity contribution in [3.05, 3.63) is 102 Å². The lowest BCUT2D eigenvalue weighted by molar-refractivity contribution is -0.131. The number of carbonyl (C=O) groups excluding carboxylic acids is 1. The zero-order valence-corrected chi connectivity index (χ0v) is 18.2. The van der Waals surface area contributed by atoms with Crippen molar-refractivity contribution in [2.24, 2.45) is 0 Å². The average molecular weight is 414 g/mol. The highest BCUT2D eigenvalue weighted by molar-refractivity contribution is 5.78. The van der Waals surface area contributed by atoms with E-state index in [2.05, 4.69) is 65.6 Å². The first-order valence-corrected chi connectivity index (χ1v) is 11.3. The molecule has 0 bridgehead atoms. The van der Waals surface area contributed by atoms with Crippen LogP contribution in [0.3, 0.4) is 0 Å². The fraction of sp³-hybridized carbons (Fsp3) is 0.321. The Balaban J connectivity index is 1.52. The quantitative estimate of drug-likeness (QED) is 0.495. The molecule has 4 rings (SSSR count). The van der Waals surface area contributed by atoms with Gasteiger partial charge in [-0.3, -0.25) is 4.79 Å². The number of benzene rings is 3. The van der Waals surface area contributed by atoms with Gasteiger partial charge in [0.2, 0.25) is 5.91 Å². The number of rotatable bonds is 6. The van der Waals surface area contributed by atoms with Gasteiger partial charge in [0, 0.05) is 31.3 Å². The number of nitrogens with zero attached hydrogens (tertiary/aromatic N) is 1. The summed E-state index contributed by atoms with van der Waals surface area (Å²) in [6.45, 7) is 1.64. The molecule has 0 N–H and O–H groups in total. The van der Waals surface area contributed by atoms with Gasteiger partial charge < -0.3 is 9.64 Å². The van der Waals surface area contributed by atoms with Crippen LogP contribution >= 0.6 is 0 Å². The lowest BCUT2D eigenvalue weighted by atomic mass is 9.88. The predicted molar refractivity (Wildman–Crippen MR) is 126 cm³/mol. The van der Waals surface area contributed by atoms with Gasteiger partial charge in [-0.1, -0.05) is 79.2 Å². The van der Waals surface area contributed by atoms with Crippen LogP contribution in [0.2, 0.25) is 0 Å². The van der Waals surface area contributed by atoms with Crippen LogP contribution in [-0.2, 0) is 4.79 Å². The minimum atomic E-state index is 0.0811. The molecule has 1 saturated heterocycles. The van der Waals surface area contributed by atoms with E-state index in [1.165, 1.54) is 16.7 Å². The Labute approximate surface area is 185 Å². The highest BCUT2D eigenvalue weighted by Gasteiger charge is 2.26. The average Bonchev–Trinajstić information content (AvgIpc) is 3.10. The maximum absolute atomic E-state index is 13.5. The van der Waals surface area contributed by atoms with Gasteiger partial charge in [-0.05, 0) is 41.7 Å². The summed E-state index contributed by atoms with van der Waals surface area (Å²) in [5.74, 6) is 1.58. The molecule has 0 aliphatic carbocycles. The van der Waals surface area contributed by atoms with E-state index in [1.807, 2.05) is 24.3 Å². The summed E-state index contributed by atoms with van der Waals surface area (Å²) in [5, 5.41) is 0. The van der Waals surface area contributed by atoms with E-state index in [-0.39, 0.29) is 11.8 Å². The molecule has 3 nitrogen and oxygen atoms in total. The second-order valence-corrected chi connectivity index (χ2v) is 8.38. The first kappa shape index (κ1) is 21.2. The van der Waals surface area contributed by atoms with Crippen LogP contribution in [0.25, 0.3) is 0 Å². The fourth-order valence-corrected chi connectivity index (χ4v) is 4.62. The van der Waals surface area contributed by atoms with Crippen molar-refractivity contribution >= 4 is 5.91 Å². The number of ether oxygens (including phenoxy) is 1. The van der Waals surface area contributed by atoms with Crippen molar-refractivity contribution in [1.29, 1.82) is 0 Å². The zero-order chi connectivity index (χ0) is 21.5. The molecule has 0 aromatic heterocycles. The van der Waals surface area contributed by atoms with Crippen LogP contribution in [0.5, 0.6) is 5.75 Å². The number of methoxy groups -OCH3 is 1. The molecule has 3 heteroatoms. The van der Waals surface area contributed by atoms with E-state index in [4.69, 9.17) is 4.74 Å². The van der Waals surface area contributed by atoms with Crippen molar-refractivity contribution < 1.29 is 9.53 Å². The molecule has 0 radical (unpaired) electrons. The van der Waals surface area contributed by atoms with Gasteiger partial charge in [-0.25, -0.2) is 0 Å². The van der Waals surface area contributed by atoms with Crippen LogP contribution in [0.1, 0.15) is 54.2 Å². The number of amides is 1. The van der Waals surface area contributed by atoms with E-state index >= 15 is 0 Å². The lowest BCUT2D eigenvalue weighted by Crippen LogP contribution is -2.35. The minimum absolute atomic E-state index is 0.0811. The van der Waals surface area contributed by atoms with Crippen LogP contribution < -0.4 is 4.74 Å². The first-order chi connectivity index (χ1) is 15.2. The van der Waals surface area contributed by atoms with Gasteiger partial charge in [-0.2, -0.15) is 0 Å². The Morgan fingerprint density at radius 3 is 2.10 bits per heavy atom. The Bertz CT molecular complexity index is 914. The van der Waals surface area contributed by atoms with E-state index < -0.39 is 0 Å². The summed E-state index contributed by atoms with van der Waals surface area (Å²) < 4.78 is 5.30. The topological polar surface area (TPSA) is 29.5 Å². The van der Waals surface area contributed by atoms with Gasteiger partial charge in [0.25, 0.3) is 0 Å². The fourth-order valence-electron chi connectivity index (χ4n) is 4.62. The Morgan fingerprint density at radius 1 is 0.903 bits per heavy atom. The molecule has 0 spiro atoms. The van der Waals surface area contributed by atoms with Crippen LogP contribution in [0.15, 0.2) is 84.9 Å². The number of hydrogen-bond acceptors (Lipinski definition) is 2. The monoisotopic (exact) mass is 413 g/mol. The molecule has 1 fully saturated rings. The van der Waals surface area contributed by atoms with Gasteiger partial charge in [0.05, 0.1) is 7.11 Å². The first-order valence-electron chi connectivity index (χ1n) is 11.3. The van der Waals surface area contributed by atoms with E-state index in [0.29, 0.717) is 12.3 Å². The SMILES string of the molecule is COc1ccc(C2CCCCN(C(=O)CC(c3ccccc3)c3ccccc3)C2)cc1. The van der Waals surface area contributed by atoms with Crippen LogP contribution in [-0.4, -0.2) is 31.0 Å². The third kappa shape index (κ3) is 5.35. The number of carbonyl (C=O) groups is 1. The molecule has 1 heterocycles. The van der Waals surface area contributed by atoms with Crippen molar-refractivity contribution in [3.63, 3.8) is 0 Å². The summed E-state index contributed by atoms with van der Waals surface area (Å²) in [6.07, 6.45) is 3.85. The summed E-state index contributed by atoms with van der Waals surface area (Å²) in [7, 11) is 1.69. The smallest absolute Gasteiger partial charge is 0.223 e. The van der Waals surface area contributed by atoms with Crippen LogP contribution in [0.4, 0.5) is 0 Å². The van der Waals surface area contributed by atoms with E-state index in [1.54, 1.807) is 7.11 Å². The second-order valence-electron chi connectivity index (χ2n) is 8.38. The highest BCUT2D eigenvalue weighted by Crippen LogP contribution is 2.31.